The normalized spacial score (nSPS) is 10.6. The Kier molecular flexibility index (Phi) is 4.41. The van der Waals surface area contributed by atoms with Crippen LogP contribution in [0.3, 0.4) is 0 Å². The summed E-state index contributed by atoms with van der Waals surface area (Å²) in [5.74, 6) is 1.31. The first-order chi connectivity index (χ1) is 11.1. The molecule has 1 N–H and O–H groups in total. The molecule has 0 spiro atoms. The number of methoxy groups -OCH3 is 2. The van der Waals surface area contributed by atoms with Crippen molar-refractivity contribution in [2.45, 2.75) is 0 Å². The Bertz CT molecular complexity index is 923. The lowest BCUT2D eigenvalue weighted by atomic mass is 10.2. The summed E-state index contributed by atoms with van der Waals surface area (Å²) in [5, 5.41) is 4.53. The molecule has 4 nitrogen and oxygen atoms in total. The van der Waals surface area contributed by atoms with E-state index in [4.69, 9.17) is 21.1 Å². The molecule has 118 valence electrons. The molecular formula is C17H14ClNO3S. The third-order valence-corrected chi connectivity index (χ3v) is 4.96. The number of fused-ring (bicyclic) bond motifs is 1. The first-order valence-electron chi connectivity index (χ1n) is 6.84. The van der Waals surface area contributed by atoms with Crippen LogP contribution in [0.15, 0.2) is 47.3 Å². The molecule has 0 saturated carbocycles. The van der Waals surface area contributed by atoms with E-state index in [1.165, 1.54) is 11.3 Å². The highest BCUT2D eigenvalue weighted by Gasteiger charge is 2.13. The van der Waals surface area contributed by atoms with E-state index in [-0.39, 0.29) is 10.5 Å². The third-order valence-electron chi connectivity index (χ3n) is 3.40. The minimum Gasteiger partial charge on any atom is -0.497 e. The summed E-state index contributed by atoms with van der Waals surface area (Å²) in [7, 11) is 3.17. The molecule has 3 rings (SSSR count). The summed E-state index contributed by atoms with van der Waals surface area (Å²) in [6.07, 6.45) is 0. The molecule has 0 aliphatic carbocycles. The highest BCUT2D eigenvalue weighted by Crippen LogP contribution is 2.36. The Morgan fingerprint density at radius 1 is 1.09 bits per heavy atom. The average molecular weight is 348 g/mol. The topological polar surface area (TPSA) is 47.6 Å². The second-order valence-electron chi connectivity index (χ2n) is 4.76. The fourth-order valence-corrected chi connectivity index (χ4v) is 3.48. The molecule has 1 aromatic heterocycles. The van der Waals surface area contributed by atoms with Crippen molar-refractivity contribution in [3.63, 3.8) is 0 Å². The van der Waals surface area contributed by atoms with Crippen LogP contribution in [0, 0.1) is 0 Å². The van der Waals surface area contributed by atoms with E-state index in [9.17, 15) is 4.79 Å². The molecule has 0 atom stereocenters. The zero-order valence-corrected chi connectivity index (χ0v) is 14.1. The van der Waals surface area contributed by atoms with E-state index in [0.29, 0.717) is 27.6 Å². The van der Waals surface area contributed by atoms with Crippen LogP contribution < -0.4 is 20.2 Å². The fourth-order valence-electron chi connectivity index (χ4n) is 2.23. The van der Waals surface area contributed by atoms with Crippen molar-refractivity contribution >= 4 is 43.7 Å². The minimum atomic E-state index is -0.189. The van der Waals surface area contributed by atoms with Gasteiger partial charge in [0.25, 0.3) is 0 Å². The summed E-state index contributed by atoms with van der Waals surface area (Å²) in [6, 6.07) is 12.8. The van der Waals surface area contributed by atoms with Gasteiger partial charge in [-0.3, -0.25) is 4.79 Å². The quantitative estimate of drug-likeness (QED) is 0.744. The molecule has 0 unspecified atom stereocenters. The van der Waals surface area contributed by atoms with Crippen LogP contribution in [0.25, 0.3) is 10.1 Å². The van der Waals surface area contributed by atoms with Crippen LogP contribution in [0.2, 0.25) is 5.02 Å². The van der Waals surface area contributed by atoms with Gasteiger partial charge in [-0.1, -0.05) is 23.7 Å². The van der Waals surface area contributed by atoms with Gasteiger partial charge in [-0.05, 0) is 24.3 Å². The van der Waals surface area contributed by atoms with Gasteiger partial charge in [-0.2, -0.15) is 0 Å². The van der Waals surface area contributed by atoms with Crippen molar-refractivity contribution in [1.82, 2.24) is 0 Å². The predicted octanol–water partition coefficient (Wildman–Crippen LogP) is 4.68. The van der Waals surface area contributed by atoms with Crippen molar-refractivity contribution < 1.29 is 9.47 Å². The molecule has 0 bridgehead atoms. The van der Waals surface area contributed by atoms with E-state index in [1.807, 2.05) is 18.2 Å². The van der Waals surface area contributed by atoms with Crippen LogP contribution in [0.5, 0.6) is 11.5 Å². The molecule has 2 aromatic carbocycles. The second kappa shape index (κ2) is 6.48. The lowest BCUT2D eigenvalue weighted by Gasteiger charge is -2.13. The van der Waals surface area contributed by atoms with Crippen molar-refractivity contribution in [2.24, 2.45) is 0 Å². The van der Waals surface area contributed by atoms with Gasteiger partial charge in [0.2, 0.25) is 5.43 Å². The summed E-state index contributed by atoms with van der Waals surface area (Å²) >= 11 is 7.67. The summed E-state index contributed by atoms with van der Waals surface area (Å²) in [4.78, 5) is 12.4. The van der Waals surface area contributed by atoms with E-state index in [1.54, 1.807) is 38.5 Å². The number of halogens is 1. The third kappa shape index (κ3) is 2.98. The van der Waals surface area contributed by atoms with Gasteiger partial charge in [0.05, 0.1) is 19.9 Å². The van der Waals surface area contributed by atoms with E-state index in [0.717, 1.165) is 4.70 Å². The first-order valence-corrected chi connectivity index (χ1v) is 8.04. The number of benzene rings is 2. The fraction of sp³-hybridized carbons (Fsp3) is 0.118. The predicted molar refractivity (Wildman–Crippen MR) is 95.9 cm³/mol. The number of hydrogen-bond donors (Lipinski definition) is 1. The zero-order valence-electron chi connectivity index (χ0n) is 12.6. The van der Waals surface area contributed by atoms with Crippen molar-refractivity contribution in [3.8, 4) is 11.5 Å². The average Bonchev–Trinajstić information content (AvgIpc) is 2.59. The molecule has 0 aliphatic heterocycles. The number of hydrogen-bond acceptors (Lipinski definition) is 5. The summed E-state index contributed by atoms with van der Waals surface area (Å²) < 4.78 is 11.4. The molecule has 0 saturated heterocycles. The molecule has 0 radical (unpaired) electrons. The number of anilines is 2. The minimum absolute atomic E-state index is 0.165. The molecule has 6 heteroatoms. The second-order valence-corrected chi connectivity index (χ2v) is 6.19. The van der Waals surface area contributed by atoms with Crippen LogP contribution in [-0.4, -0.2) is 14.2 Å². The van der Waals surface area contributed by atoms with Gasteiger partial charge in [0.15, 0.2) is 0 Å². The lowest BCUT2D eigenvalue weighted by Crippen LogP contribution is -2.04. The Labute approximate surface area is 142 Å². The molecule has 23 heavy (non-hydrogen) atoms. The molecule has 0 amide bonds. The van der Waals surface area contributed by atoms with Gasteiger partial charge in [-0.15, -0.1) is 11.3 Å². The highest BCUT2D eigenvalue weighted by atomic mass is 35.5. The molecular weight excluding hydrogens is 334 g/mol. The summed E-state index contributed by atoms with van der Waals surface area (Å²) in [6.45, 7) is 0. The van der Waals surface area contributed by atoms with E-state index >= 15 is 0 Å². The van der Waals surface area contributed by atoms with Gasteiger partial charge >= 0.3 is 0 Å². The lowest BCUT2D eigenvalue weighted by molar-refractivity contribution is 0.405. The van der Waals surface area contributed by atoms with Crippen LogP contribution in [-0.2, 0) is 0 Å². The van der Waals surface area contributed by atoms with Gasteiger partial charge in [-0.25, -0.2) is 0 Å². The summed E-state index contributed by atoms with van der Waals surface area (Å²) in [5.41, 5.74) is 0.491. The monoisotopic (exact) mass is 347 g/mol. The van der Waals surface area contributed by atoms with Gasteiger partial charge < -0.3 is 14.8 Å². The Morgan fingerprint density at radius 2 is 1.87 bits per heavy atom. The number of rotatable bonds is 4. The molecule has 0 aliphatic rings. The van der Waals surface area contributed by atoms with Gasteiger partial charge in [0.1, 0.15) is 21.5 Å². The maximum atomic E-state index is 12.4. The van der Waals surface area contributed by atoms with Crippen molar-refractivity contribution in [1.29, 1.82) is 0 Å². The first kappa shape index (κ1) is 15.6. The zero-order chi connectivity index (χ0) is 16.4. The molecule has 3 aromatic rings. The largest absolute Gasteiger partial charge is 0.497 e. The Balaban J connectivity index is 2.12. The molecule has 1 heterocycles. The van der Waals surface area contributed by atoms with Crippen LogP contribution in [0.4, 0.5) is 10.7 Å². The van der Waals surface area contributed by atoms with E-state index in [2.05, 4.69) is 5.32 Å². The smallest absolute Gasteiger partial charge is 0.208 e. The maximum absolute atomic E-state index is 12.4. The highest BCUT2D eigenvalue weighted by molar-refractivity contribution is 7.22. The number of ether oxygens (including phenoxy) is 2. The standard InChI is InChI=1S/C17H14ClNO3S/c1-21-10-7-8-13(22-2)12(9-10)19-17-15(18)16(20)11-5-3-4-6-14(11)23-17/h3-9,19H,1-2H3. The Hall–Kier alpha value is -2.24. The van der Waals surface area contributed by atoms with Crippen molar-refractivity contribution in [2.75, 3.05) is 19.5 Å². The van der Waals surface area contributed by atoms with Crippen LogP contribution >= 0.6 is 22.9 Å². The van der Waals surface area contributed by atoms with E-state index < -0.39 is 0 Å². The van der Waals surface area contributed by atoms with Crippen molar-refractivity contribution in [3.05, 3.63) is 57.7 Å². The Morgan fingerprint density at radius 3 is 2.61 bits per heavy atom. The van der Waals surface area contributed by atoms with Gasteiger partial charge in [0, 0.05) is 16.2 Å². The maximum Gasteiger partial charge on any atom is 0.208 e. The number of nitrogens with one attached hydrogen (secondary N) is 1. The SMILES string of the molecule is COc1ccc(OC)c(Nc2sc3ccccc3c(=O)c2Cl)c1. The van der Waals surface area contributed by atoms with Crippen LogP contribution in [0.1, 0.15) is 0 Å². The molecule has 0 fully saturated rings.